The number of anilines is 1. The zero-order valence-electron chi connectivity index (χ0n) is 21.1. The molecule has 200 valence electrons. The lowest BCUT2D eigenvalue weighted by atomic mass is 10.2. The van der Waals surface area contributed by atoms with Crippen molar-refractivity contribution in [3.63, 3.8) is 0 Å². The number of aryl methyl sites for hydroxylation is 2. The zero-order valence-corrected chi connectivity index (χ0v) is 22.7. The first-order valence-corrected chi connectivity index (χ1v) is 13.8. The molecule has 0 saturated carbocycles. The van der Waals surface area contributed by atoms with Crippen LogP contribution in [0.25, 0.3) is 16.7 Å². The summed E-state index contributed by atoms with van der Waals surface area (Å²) in [5.41, 5.74) is 1.75. The Morgan fingerprint density at radius 2 is 2.03 bits per heavy atom. The Hall–Kier alpha value is -3.94. The fourth-order valence-corrected chi connectivity index (χ4v) is 5.83. The predicted molar refractivity (Wildman–Crippen MR) is 148 cm³/mol. The van der Waals surface area contributed by atoms with E-state index in [4.69, 9.17) is 15.1 Å². The fourth-order valence-electron chi connectivity index (χ4n) is 4.09. The highest BCUT2D eigenvalue weighted by atomic mass is 32.2. The average Bonchev–Trinajstić information content (AvgIpc) is 3.37. The van der Waals surface area contributed by atoms with E-state index in [0.29, 0.717) is 46.5 Å². The number of benzene rings is 1. The Kier molecular flexibility index (Phi) is 7.82. The van der Waals surface area contributed by atoms with E-state index in [1.807, 2.05) is 13.0 Å². The van der Waals surface area contributed by atoms with Crippen LogP contribution < -0.4 is 16.4 Å². The van der Waals surface area contributed by atoms with Crippen molar-refractivity contribution in [1.82, 2.24) is 24.1 Å². The van der Waals surface area contributed by atoms with E-state index in [0.717, 1.165) is 16.9 Å². The number of hydrogen-bond donors (Lipinski definition) is 2. The lowest BCUT2D eigenvalue weighted by molar-refractivity contribution is 0.102. The van der Waals surface area contributed by atoms with Gasteiger partial charge in [-0.25, -0.2) is 9.37 Å². The summed E-state index contributed by atoms with van der Waals surface area (Å²) in [4.78, 5) is 31.4. The predicted octanol–water partition coefficient (Wildman–Crippen LogP) is 4.01. The number of nitrogens with zero attached hydrogens (tertiary/aromatic N) is 5. The van der Waals surface area contributed by atoms with Crippen LogP contribution in [0.15, 0.2) is 57.8 Å². The number of halogens is 1. The van der Waals surface area contributed by atoms with Crippen molar-refractivity contribution in [1.29, 1.82) is 5.41 Å². The standard InChI is InChI=1S/C26H24FN7O3S2/c1-15-7-5-10-34-21(15)29-22-18(24(34)36)13-17(20(28)33(22)11-6-12-37-2)23(35)30-25-31-32-26(39-25)38-14-16-8-3-4-9-19(16)27/h3-5,7-10,13,28H,6,11-12,14H2,1-2H3,(H,30,31,35). The van der Waals surface area contributed by atoms with Gasteiger partial charge in [-0.2, -0.15) is 0 Å². The second-order valence-electron chi connectivity index (χ2n) is 8.65. The summed E-state index contributed by atoms with van der Waals surface area (Å²) in [6.07, 6.45) is 2.18. The van der Waals surface area contributed by atoms with E-state index < -0.39 is 5.91 Å². The van der Waals surface area contributed by atoms with Crippen LogP contribution in [0.1, 0.15) is 27.9 Å². The highest BCUT2D eigenvalue weighted by molar-refractivity contribution is 8.00. The monoisotopic (exact) mass is 565 g/mol. The molecule has 0 aliphatic heterocycles. The molecular formula is C26H24FN7O3S2. The number of hydrogen-bond acceptors (Lipinski definition) is 9. The van der Waals surface area contributed by atoms with Crippen molar-refractivity contribution in [2.75, 3.05) is 19.0 Å². The molecule has 0 saturated heterocycles. The minimum Gasteiger partial charge on any atom is -0.385 e. The SMILES string of the molecule is COCCCn1c(=N)c(C(=O)Nc2nnc(SCc3ccccc3F)s2)cc2c(=O)n3cccc(C)c3nc21. The molecule has 2 N–H and O–H groups in total. The first kappa shape index (κ1) is 26.7. The molecule has 0 fully saturated rings. The van der Waals surface area contributed by atoms with Gasteiger partial charge in [0.1, 0.15) is 22.6 Å². The smallest absolute Gasteiger partial charge is 0.267 e. The van der Waals surface area contributed by atoms with Gasteiger partial charge in [0, 0.05) is 32.2 Å². The summed E-state index contributed by atoms with van der Waals surface area (Å²) >= 11 is 2.44. The van der Waals surface area contributed by atoms with Gasteiger partial charge >= 0.3 is 0 Å². The highest BCUT2D eigenvalue weighted by Gasteiger charge is 2.19. The van der Waals surface area contributed by atoms with Gasteiger partial charge in [-0.15, -0.1) is 10.2 Å². The molecule has 0 spiro atoms. The third-order valence-electron chi connectivity index (χ3n) is 6.04. The first-order chi connectivity index (χ1) is 18.9. The van der Waals surface area contributed by atoms with E-state index in [9.17, 15) is 14.0 Å². The van der Waals surface area contributed by atoms with Gasteiger partial charge in [-0.05, 0) is 42.7 Å². The van der Waals surface area contributed by atoms with Crippen LogP contribution in [0.2, 0.25) is 0 Å². The molecule has 1 amide bonds. The van der Waals surface area contributed by atoms with Gasteiger partial charge < -0.3 is 9.30 Å². The highest BCUT2D eigenvalue weighted by Crippen LogP contribution is 2.29. The molecule has 0 atom stereocenters. The van der Waals surface area contributed by atoms with Crippen LogP contribution in [-0.4, -0.2) is 43.8 Å². The summed E-state index contributed by atoms with van der Waals surface area (Å²) in [5.74, 6) is -0.532. The van der Waals surface area contributed by atoms with E-state index in [1.54, 1.807) is 42.1 Å². The average molecular weight is 566 g/mol. The van der Waals surface area contributed by atoms with E-state index in [2.05, 4.69) is 15.5 Å². The van der Waals surface area contributed by atoms with Gasteiger partial charge in [0.15, 0.2) is 4.34 Å². The van der Waals surface area contributed by atoms with Crippen molar-refractivity contribution in [3.8, 4) is 0 Å². The van der Waals surface area contributed by atoms with Gasteiger partial charge in [0.25, 0.3) is 11.5 Å². The molecule has 13 heteroatoms. The van der Waals surface area contributed by atoms with Gasteiger partial charge in [-0.1, -0.05) is 47.4 Å². The number of amides is 1. The van der Waals surface area contributed by atoms with E-state index in [-0.39, 0.29) is 32.9 Å². The maximum atomic E-state index is 13.9. The molecule has 5 aromatic rings. The van der Waals surface area contributed by atoms with Crippen molar-refractivity contribution >= 4 is 50.8 Å². The fraction of sp³-hybridized carbons (Fsp3) is 0.231. The number of nitrogens with one attached hydrogen (secondary N) is 2. The lowest BCUT2D eigenvalue weighted by Crippen LogP contribution is -2.32. The molecular weight excluding hydrogens is 541 g/mol. The molecule has 5 rings (SSSR count). The molecule has 0 unspecified atom stereocenters. The Balaban J connectivity index is 1.48. The van der Waals surface area contributed by atoms with Crippen LogP contribution in [0.5, 0.6) is 0 Å². The Labute approximate surface area is 230 Å². The summed E-state index contributed by atoms with van der Waals surface area (Å²) in [5, 5.41) is 20.0. The topological polar surface area (TPSA) is 127 Å². The number of carbonyl (C=O) groups is 1. The number of methoxy groups -OCH3 is 1. The molecule has 0 aliphatic carbocycles. The molecule has 4 aromatic heterocycles. The number of pyridine rings is 2. The van der Waals surface area contributed by atoms with Gasteiger partial charge in [-0.3, -0.25) is 24.7 Å². The van der Waals surface area contributed by atoms with Crippen molar-refractivity contribution < 1.29 is 13.9 Å². The number of ether oxygens (including phenoxy) is 1. The van der Waals surface area contributed by atoms with Crippen LogP contribution in [0.3, 0.4) is 0 Å². The third-order valence-corrected chi connectivity index (χ3v) is 8.07. The van der Waals surface area contributed by atoms with Crippen LogP contribution in [0, 0.1) is 18.2 Å². The summed E-state index contributed by atoms with van der Waals surface area (Å²) in [6, 6.07) is 11.5. The number of carbonyl (C=O) groups excluding carboxylic acids is 1. The maximum Gasteiger partial charge on any atom is 0.267 e. The molecule has 1 aromatic carbocycles. The number of rotatable bonds is 9. The van der Waals surface area contributed by atoms with Crippen LogP contribution in [0.4, 0.5) is 9.52 Å². The summed E-state index contributed by atoms with van der Waals surface area (Å²) in [6.45, 7) is 2.62. The van der Waals surface area contributed by atoms with Gasteiger partial charge in [0.05, 0.1) is 10.9 Å². The Morgan fingerprint density at radius 1 is 1.21 bits per heavy atom. The van der Waals surface area contributed by atoms with Crippen LogP contribution >= 0.6 is 23.1 Å². The second-order valence-corrected chi connectivity index (χ2v) is 10.9. The van der Waals surface area contributed by atoms with Crippen LogP contribution in [-0.2, 0) is 17.0 Å². The molecule has 10 nitrogen and oxygen atoms in total. The Morgan fingerprint density at radius 3 is 2.82 bits per heavy atom. The summed E-state index contributed by atoms with van der Waals surface area (Å²) < 4.78 is 22.6. The second kappa shape index (κ2) is 11.4. The molecule has 0 aliphatic rings. The third kappa shape index (κ3) is 5.46. The van der Waals surface area contributed by atoms with E-state index >= 15 is 0 Å². The van der Waals surface area contributed by atoms with Crippen molar-refractivity contribution in [2.24, 2.45) is 0 Å². The molecule has 4 heterocycles. The number of aromatic nitrogens is 5. The van der Waals surface area contributed by atoms with Gasteiger partial charge in [0.2, 0.25) is 5.13 Å². The van der Waals surface area contributed by atoms with E-state index in [1.165, 1.54) is 28.3 Å². The quantitative estimate of drug-likeness (QED) is 0.120. The maximum absolute atomic E-state index is 13.9. The minimum absolute atomic E-state index is 0.00202. The largest absolute Gasteiger partial charge is 0.385 e. The normalized spacial score (nSPS) is 11.4. The minimum atomic E-state index is -0.599. The Bertz CT molecular complexity index is 1820. The number of fused-ring (bicyclic) bond motifs is 2. The zero-order chi connectivity index (χ0) is 27.5. The van der Waals surface area contributed by atoms with Crippen molar-refractivity contribution in [2.45, 2.75) is 30.0 Å². The molecule has 39 heavy (non-hydrogen) atoms. The summed E-state index contributed by atoms with van der Waals surface area (Å²) in [7, 11) is 1.58. The molecule has 0 radical (unpaired) electrons. The lowest BCUT2D eigenvalue weighted by Gasteiger charge is -2.15. The van der Waals surface area contributed by atoms with Crippen molar-refractivity contribution in [3.05, 3.63) is 87.0 Å². The first-order valence-electron chi connectivity index (χ1n) is 12.0. The molecule has 0 bridgehead atoms. The number of thioether (sulfide) groups is 1.